The first-order valence-corrected chi connectivity index (χ1v) is 12.7. The van der Waals surface area contributed by atoms with Gasteiger partial charge < -0.3 is 5.32 Å². The van der Waals surface area contributed by atoms with Crippen molar-refractivity contribution in [3.8, 4) is 0 Å². The number of aryl methyl sites for hydroxylation is 1. The number of hydrogen-bond donors (Lipinski definition) is 1. The Morgan fingerprint density at radius 1 is 1.12 bits per heavy atom. The minimum absolute atomic E-state index is 0.0757. The normalized spacial score (nSPS) is 25.3. The lowest BCUT2D eigenvalue weighted by atomic mass is 9.85. The number of carbonyl (C=O) groups excluding carboxylic acids is 3. The van der Waals surface area contributed by atoms with Gasteiger partial charge in [-0.1, -0.05) is 42.1 Å². The summed E-state index contributed by atoms with van der Waals surface area (Å²) in [5, 5.41) is 2.93. The average Bonchev–Trinajstić information content (AvgIpc) is 3.56. The summed E-state index contributed by atoms with van der Waals surface area (Å²) in [5.74, 6) is -0.00274. The van der Waals surface area contributed by atoms with Crippen LogP contribution in [0.2, 0.25) is 0 Å². The second kappa shape index (κ2) is 7.81. The number of allylic oxidation sites excluding steroid dienone is 2. The van der Waals surface area contributed by atoms with Crippen molar-refractivity contribution in [2.75, 3.05) is 16.0 Å². The molecule has 2 fully saturated rings. The summed E-state index contributed by atoms with van der Waals surface area (Å²) in [5.41, 5.74) is 3.24. The summed E-state index contributed by atoms with van der Waals surface area (Å²) in [6, 6.07) is 13.2. The van der Waals surface area contributed by atoms with E-state index in [0.717, 1.165) is 32.2 Å². The van der Waals surface area contributed by atoms with Crippen LogP contribution < -0.4 is 10.2 Å². The number of fused-ring (bicyclic) bond motifs is 6. The number of nitrogens with one attached hydrogen (secondary N) is 1. The molecule has 3 amide bonds. The molecule has 2 aromatic carbocycles. The Bertz CT molecular complexity index is 1320. The highest BCUT2D eigenvalue weighted by atomic mass is 32.2. The monoisotopic (exact) mass is 475 g/mol. The van der Waals surface area contributed by atoms with Gasteiger partial charge in [0.25, 0.3) is 0 Å². The van der Waals surface area contributed by atoms with Crippen LogP contribution in [-0.4, -0.2) is 28.5 Å². The standard InChI is InChI=1S/C25H21N3O3S2/c1-13-4-2-3-5-17(13)26-20(29)12-32-25-27-18-9-8-16(11-19(18)33-25)28-23(30)21-14-6-7-15(10-14)22(21)24(28)31/h2-9,11,14-15,21-22H,10,12H2,1H3,(H,26,29)/t14-,15-,21-,22-/m0/s1. The SMILES string of the molecule is Cc1ccccc1NC(=O)CSc1nc2ccc(N3C(=O)[C@@H]4[C@@H](C3=O)[C@H]3C=C[C@H]4C3)cc2s1. The zero-order valence-corrected chi connectivity index (χ0v) is 19.5. The molecule has 33 heavy (non-hydrogen) atoms. The fourth-order valence-electron chi connectivity index (χ4n) is 5.28. The molecule has 1 N–H and O–H groups in total. The third-order valence-electron chi connectivity index (χ3n) is 6.83. The third-order valence-corrected chi connectivity index (χ3v) is 8.99. The Kier molecular flexibility index (Phi) is 4.88. The predicted octanol–water partition coefficient (Wildman–Crippen LogP) is 4.65. The highest BCUT2D eigenvalue weighted by Crippen LogP contribution is 2.53. The first-order valence-electron chi connectivity index (χ1n) is 10.9. The van der Waals surface area contributed by atoms with Crippen molar-refractivity contribution in [3.05, 3.63) is 60.2 Å². The van der Waals surface area contributed by atoms with E-state index in [-0.39, 0.29) is 47.1 Å². The van der Waals surface area contributed by atoms with E-state index in [2.05, 4.69) is 22.5 Å². The van der Waals surface area contributed by atoms with Crippen LogP contribution in [-0.2, 0) is 14.4 Å². The number of nitrogens with zero attached hydrogens (tertiary/aromatic N) is 2. The molecule has 3 aromatic rings. The van der Waals surface area contributed by atoms with Gasteiger partial charge in [0.1, 0.15) is 0 Å². The lowest BCUT2D eigenvalue weighted by Gasteiger charge is -2.17. The first-order chi connectivity index (χ1) is 16.0. The van der Waals surface area contributed by atoms with E-state index in [9.17, 15) is 14.4 Å². The molecular formula is C25H21N3O3S2. The van der Waals surface area contributed by atoms with Crippen molar-refractivity contribution in [1.82, 2.24) is 4.98 Å². The minimum atomic E-state index is -0.206. The van der Waals surface area contributed by atoms with E-state index < -0.39 is 0 Å². The van der Waals surface area contributed by atoms with Crippen LogP contribution in [0.5, 0.6) is 0 Å². The van der Waals surface area contributed by atoms with Gasteiger partial charge >= 0.3 is 0 Å². The molecule has 3 aliphatic rings. The molecule has 2 bridgehead atoms. The molecule has 6 nitrogen and oxygen atoms in total. The van der Waals surface area contributed by atoms with Crippen LogP contribution in [0.25, 0.3) is 10.2 Å². The Hall–Kier alpha value is -2.97. The topological polar surface area (TPSA) is 79.4 Å². The Balaban J connectivity index is 1.17. The number of para-hydroxylation sites is 1. The maximum Gasteiger partial charge on any atom is 0.238 e. The van der Waals surface area contributed by atoms with Gasteiger partial charge in [0.15, 0.2) is 4.34 Å². The van der Waals surface area contributed by atoms with E-state index in [1.54, 1.807) is 6.07 Å². The molecule has 1 saturated carbocycles. The van der Waals surface area contributed by atoms with Gasteiger partial charge in [-0.3, -0.25) is 14.4 Å². The van der Waals surface area contributed by atoms with E-state index in [4.69, 9.17) is 0 Å². The fraction of sp³-hybridized carbons (Fsp3) is 0.280. The molecule has 1 aromatic heterocycles. The second-order valence-electron chi connectivity index (χ2n) is 8.80. The second-order valence-corrected chi connectivity index (χ2v) is 11.0. The lowest BCUT2D eigenvalue weighted by Crippen LogP contribution is -2.32. The predicted molar refractivity (Wildman–Crippen MR) is 130 cm³/mol. The molecule has 1 saturated heterocycles. The van der Waals surface area contributed by atoms with Gasteiger partial charge in [0.2, 0.25) is 17.7 Å². The smallest absolute Gasteiger partial charge is 0.238 e. The van der Waals surface area contributed by atoms with Gasteiger partial charge in [-0.15, -0.1) is 11.3 Å². The van der Waals surface area contributed by atoms with Crippen LogP contribution in [0.1, 0.15) is 12.0 Å². The molecule has 2 heterocycles. The number of anilines is 2. The molecule has 166 valence electrons. The molecule has 0 radical (unpaired) electrons. The quantitative estimate of drug-likeness (QED) is 0.330. The lowest BCUT2D eigenvalue weighted by molar-refractivity contribution is -0.123. The summed E-state index contributed by atoms with van der Waals surface area (Å²) < 4.78 is 1.67. The Morgan fingerprint density at radius 2 is 1.85 bits per heavy atom. The minimum Gasteiger partial charge on any atom is -0.325 e. The van der Waals surface area contributed by atoms with Crippen molar-refractivity contribution in [2.45, 2.75) is 17.7 Å². The zero-order valence-electron chi connectivity index (χ0n) is 17.9. The molecule has 0 spiro atoms. The molecule has 2 aliphatic carbocycles. The summed E-state index contributed by atoms with van der Waals surface area (Å²) in [6.07, 6.45) is 5.13. The summed E-state index contributed by atoms with van der Waals surface area (Å²) >= 11 is 2.85. The number of rotatable bonds is 5. The maximum atomic E-state index is 13.1. The van der Waals surface area contributed by atoms with Crippen molar-refractivity contribution in [3.63, 3.8) is 0 Å². The molecule has 4 atom stereocenters. The zero-order chi connectivity index (χ0) is 22.7. The molecule has 1 aliphatic heterocycles. The molecule has 0 unspecified atom stereocenters. The van der Waals surface area contributed by atoms with E-state index in [0.29, 0.717) is 5.69 Å². The van der Waals surface area contributed by atoms with E-state index in [1.165, 1.54) is 28.0 Å². The number of thiazole rings is 1. The number of hydrogen-bond acceptors (Lipinski definition) is 6. The number of aromatic nitrogens is 1. The highest BCUT2D eigenvalue weighted by molar-refractivity contribution is 8.01. The Morgan fingerprint density at radius 3 is 2.58 bits per heavy atom. The van der Waals surface area contributed by atoms with Gasteiger partial charge in [-0.25, -0.2) is 9.88 Å². The van der Waals surface area contributed by atoms with Crippen LogP contribution in [0, 0.1) is 30.6 Å². The number of benzene rings is 2. The largest absolute Gasteiger partial charge is 0.325 e. The number of carbonyl (C=O) groups is 3. The third kappa shape index (κ3) is 3.40. The van der Waals surface area contributed by atoms with Crippen molar-refractivity contribution in [2.24, 2.45) is 23.7 Å². The van der Waals surface area contributed by atoms with Crippen LogP contribution in [0.3, 0.4) is 0 Å². The molecule has 6 rings (SSSR count). The van der Waals surface area contributed by atoms with Gasteiger partial charge in [0, 0.05) is 5.69 Å². The van der Waals surface area contributed by atoms with E-state index >= 15 is 0 Å². The number of thioether (sulfide) groups is 1. The van der Waals surface area contributed by atoms with Gasteiger partial charge in [-0.05, 0) is 55.0 Å². The van der Waals surface area contributed by atoms with Crippen LogP contribution in [0.15, 0.2) is 59.0 Å². The van der Waals surface area contributed by atoms with Crippen molar-refractivity contribution < 1.29 is 14.4 Å². The summed E-state index contributed by atoms with van der Waals surface area (Å²) in [4.78, 5) is 44.5. The van der Waals surface area contributed by atoms with E-state index in [1.807, 2.05) is 43.3 Å². The van der Waals surface area contributed by atoms with Crippen molar-refractivity contribution >= 4 is 62.4 Å². The maximum absolute atomic E-state index is 13.1. The molecule has 8 heteroatoms. The van der Waals surface area contributed by atoms with Crippen molar-refractivity contribution in [1.29, 1.82) is 0 Å². The highest BCUT2D eigenvalue weighted by Gasteiger charge is 2.59. The average molecular weight is 476 g/mol. The Labute approximate surface area is 199 Å². The first kappa shape index (κ1) is 20.6. The summed E-state index contributed by atoms with van der Waals surface area (Å²) in [7, 11) is 0. The number of amides is 3. The fourth-order valence-corrected chi connectivity index (χ4v) is 7.18. The van der Waals surface area contributed by atoms with Crippen LogP contribution >= 0.6 is 23.1 Å². The van der Waals surface area contributed by atoms with Gasteiger partial charge in [-0.2, -0.15) is 0 Å². The molecular weight excluding hydrogens is 454 g/mol. The van der Waals surface area contributed by atoms with Crippen LogP contribution in [0.4, 0.5) is 11.4 Å². The number of imide groups is 1. The summed E-state index contributed by atoms with van der Waals surface area (Å²) in [6.45, 7) is 1.96. The van der Waals surface area contributed by atoms with Gasteiger partial charge in [0.05, 0.1) is 33.5 Å².